The van der Waals surface area contributed by atoms with Crippen LogP contribution < -0.4 is 10.6 Å². The molecule has 1 aliphatic rings. The number of nitrogens with zero attached hydrogens (tertiary/aromatic N) is 1. The van der Waals surface area contributed by atoms with Crippen molar-refractivity contribution in [2.75, 3.05) is 12.3 Å². The standard InChI is InChI=1S/C32H34N2O11S3/c1-22-26-20-24(48(43,44)45)15-17-31(26)34(18-8-9-19-46(37,38)39)30(22)12-6-3-5-11-28-25(10-4-2-7-13-32(35)36)27-21-23(47(40,41)42)14-16-29(27)33-28/h3,5-6,10-12,14-17,20-21H,1-2,4,7-9,13,18-19H2,(H4,35,36,37,38,39,40,41,42,43,44,45)/p+1/b25-10+. The molecule has 0 unspecified atom stereocenters. The molecule has 0 spiro atoms. The lowest BCUT2D eigenvalue weighted by atomic mass is 10.0. The van der Waals surface area contributed by atoms with E-state index in [9.17, 15) is 39.2 Å². The van der Waals surface area contributed by atoms with Crippen molar-refractivity contribution in [1.29, 1.82) is 0 Å². The van der Waals surface area contributed by atoms with E-state index in [0.717, 1.165) is 0 Å². The molecular formula is C32H35N2O11S3+. The molecule has 0 atom stereocenters. The molecule has 0 bridgehead atoms. The molecule has 0 aliphatic carbocycles. The first-order chi connectivity index (χ1) is 22.5. The predicted octanol–water partition coefficient (Wildman–Crippen LogP) is 3.46. The Morgan fingerprint density at radius 3 is 2.21 bits per heavy atom. The van der Waals surface area contributed by atoms with E-state index in [-0.39, 0.29) is 22.6 Å². The van der Waals surface area contributed by atoms with Crippen molar-refractivity contribution in [3.63, 3.8) is 0 Å². The number of benzene rings is 2. The second kappa shape index (κ2) is 14.9. The lowest BCUT2D eigenvalue weighted by Crippen LogP contribution is -2.22. The van der Waals surface area contributed by atoms with E-state index < -0.39 is 42.1 Å². The minimum absolute atomic E-state index is 0.0306. The van der Waals surface area contributed by atoms with Gasteiger partial charge in [-0.1, -0.05) is 30.9 Å². The Morgan fingerprint density at radius 2 is 1.54 bits per heavy atom. The Morgan fingerprint density at radius 1 is 0.854 bits per heavy atom. The van der Waals surface area contributed by atoms with Crippen molar-refractivity contribution in [2.45, 2.75) is 48.3 Å². The van der Waals surface area contributed by atoms with Crippen LogP contribution in [0, 0.1) is 0 Å². The van der Waals surface area contributed by atoms with Gasteiger partial charge in [-0.25, -0.2) is 0 Å². The van der Waals surface area contributed by atoms with Crippen LogP contribution in [0.25, 0.3) is 28.6 Å². The third kappa shape index (κ3) is 9.46. The monoisotopic (exact) mass is 719 g/mol. The maximum Gasteiger partial charge on any atom is 0.303 e. The quantitative estimate of drug-likeness (QED) is 0.0663. The first-order valence-electron chi connectivity index (χ1n) is 14.7. The number of hydrogen-bond acceptors (Lipinski definition) is 7. The summed E-state index contributed by atoms with van der Waals surface area (Å²) in [6.07, 6.45) is 12.7. The highest BCUT2D eigenvalue weighted by atomic mass is 32.2. The van der Waals surface area contributed by atoms with Crippen LogP contribution in [0.15, 0.2) is 77.1 Å². The van der Waals surface area contributed by atoms with E-state index in [1.165, 1.54) is 30.3 Å². The molecular weight excluding hydrogens is 685 g/mol. The summed E-state index contributed by atoms with van der Waals surface area (Å²) in [6, 6.07) is 8.28. The average molecular weight is 720 g/mol. The number of carboxylic acid groups (broad SMARTS) is 1. The molecule has 1 aliphatic heterocycles. The van der Waals surface area contributed by atoms with Crippen molar-refractivity contribution in [3.05, 3.63) is 83.4 Å². The number of allylic oxidation sites excluding steroid dienone is 5. The van der Waals surface area contributed by atoms with Gasteiger partial charge in [-0.3, -0.25) is 18.5 Å². The van der Waals surface area contributed by atoms with Gasteiger partial charge in [0.05, 0.1) is 26.7 Å². The van der Waals surface area contributed by atoms with E-state index in [0.29, 0.717) is 76.2 Å². The molecule has 3 aromatic rings. The molecule has 0 saturated heterocycles. The van der Waals surface area contributed by atoms with Gasteiger partial charge in [0, 0.05) is 46.5 Å². The van der Waals surface area contributed by atoms with E-state index in [1.54, 1.807) is 36.4 Å². The second-order valence-electron chi connectivity index (χ2n) is 11.1. The zero-order valence-corrected chi connectivity index (χ0v) is 28.1. The van der Waals surface area contributed by atoms with E-state index in [4.69, 9.17) is 9.66 Å². The summed E-state index contributed by atoms with van der Waals surface area (Å²) in [5, 5.41) is 10.8. The largest absolute Gasteiger partial charge is 0.481 e. The third-order valence-corrected chi connectivity index (χ3v) is 10.1. The Labute approximate surface area is 277 Å². The molecule has 0 radical (unpaired) electrons. The van der Waals surface area contributed by atoms with Gasteiger partial charge in [-0.2, -0.15) is 29.8 Å². The minimum Gasteiger partial charge on any atom is -0.481 e. The molecule has 256 valence electrons. The van der Waals surface area contributed by atoms with Crippen molar-refractivity contribution >= 4 is 76.4 Å². The van der Waals surface area contributed by atoms with Gasteiger partial charge in [0.25, 0.3) is 30.4 Å². The summed E-state index contributed by atoms with van der Waals surface area (Å²) < 4.78 is 99.4. The van der Waals surface area contributed by atoms with Crippen molar-refractivity contribution in [3.8, 4) is 0 Å². The predicted molar refractivity (Wildman–Crippen MR) is 181 cm³/mol. The second-order valence-corrected chi connectivity index (χ2v) is 15.5. The summed E-state index contributed by atoms with van der Waals surface area (Å²) in [6.45, 7) is 4.43. The van der Waals surface area contributed by atoms with Gasteiger partial charge < -0.3 is 10.1 Å². The maximum atomic E-state index is 11.8. The van der Waals surface area contributed by atoms with Gasteiger partial charge in [-0.05, 0) is 62.1 Å². The number of fused-ring (bicyclic) bond motifs is 2. The Hall–Kier alpha value is -4.19. The molecule has 1 aromatic heterocycles. The Bertz CT molecular complexity index is 2320. The van der Waals surface area contributed by atoms with Crippen LogP contribution in [0.2, 0.25) is 0 Å². The smallest absolute Gasteiger partial charge is 0.303 e. The first-order valence-corrected chi connectivity index (χ1v) is 19.2. The molecule has 2 aromatic carbocycles. The SMILES string of the molecule is C=C1C(/C=C/C=C/C=c2/[nH]c3ccc(S(=O)(=O)O)cc3/c2=C\CCCCC(=O)O)=[N+](CCCCS(=O)(=O)O)c2ccc(S(=O)(=O)O)cc21. The molecule has 0 saturated carbocycles. The fourth-order valence-corrected chi connectivity index (χ4v) is 6.91. The average Bonchev–Trinajstić information content (AvgIpc) is 3.46. The van der Waals surface area contributed by atoms with Crippen LogP contribution in [-0.4, -0.2) is 77.6 Å². The molecule has 0 amide bonds. The van der Waals surface area contributed by atoms with E-state index >= 15 is 0 Å². The molecule has 2 heterocycles. The van der Waals surface area contributed by atoms with Crippen LogP contribution >= 0.6 is 0 Å². The molecule has 13 nitrogen and oxygen atoms in total. The number of aliphatic carboxylic acids is 1. The molecule has 5 N–H and O–H groups in total. The first kappa shape index (κ1) is 36.6. The highest BCUT2D eigenvalue weighted by molar-refractivity contribution is 7.86. The number of unbranched alkanes of at least 4 members (excludes halogenated alkanes) is 3. The van der Waals surface area contributed by atoms with Gasteiger partial charge in [0.15, 0.2) is 0 Å². The number of carbonyl (C=O) groups is 1. The van der Waals surface area contributed by atoms with Gasteiger partial charge >= 0.3 is 5.97 Å². The van der Waals surface area contributed by atoms with Gasteiger partial charge in [0.2, 0.25) is 11.4 Å². The van der Waals surface area contributed by atoms with Crippen molar-refractivity contribution < 1.29 is 53.4 Å². The van der Waals surface area contributed by atoms with Crippen molar-refractivity contribution in [2.24, 2.45) is 0 Å². The Kier molecular flexibility index (Phi) is 11.4. The number of aromatic amines is 1. The molecule has 16 heteroatoms. The number of hydrogen-bond donors (Lipinski definition) is 5. The number of carboxylic acids is 1. The van der Waals surface area contributed by atoms with Crippen LogP contribution in [0.1, 0.15) is 44.1 Å². The number of H-pyrrole nitrogens is 1. The summed E-state index contributed by atoms with van der Waals surface area (Å²) >= 11 is 0. The highest BCUT2D eigenvalue weighted by Gasteiger charge is 2.33. The van der Waals surface area contributed by atoms with E-state index in [1.807, 2.05) is 10.7 Å². The fraction of sp³-hybridized carbons (Fsp3) is 0.250. The minimum atomic E-state index is -4.47. The summed E-state index contributed by atoms with van der Waals surface area (Å²) in [4.78, 5) is 13.5. The van der Waals surface area contributed by atoms with Crippen LogP contribution in [0.4, 0.5) is 5.69 Å². The zero-order valence-electron chi connectivity index (χ0n) is 25.6. The number of aromatic nitrogens is 1. The summed E-state index contributed by atoms with van der Waals surface area (Å²) in [5.41, 5.74) is 2.79. The van der Waals surface area contributed by atoms with Crippen molar-refractivity contribution in [1.82, 2.24) is 4.98 Å². The van der Waals surface area contributed by atoms with Gasteiger partial charge in [-0.15, -0.1) is 0 Å². The molecule has 0 fully saturated rings. The van der Waals surface area contributed by atoms with Crippen LogP contribution in [0.3, 0.4) is 0 Å². The fourth-order valence-electron chi connectivity index (χ4n) is 5.32. The number of rotatable bonds is 15. The summed E-state index contributed by atoms with van der Waals surface area (Å²) in [7, 11) is -13.1. The highest BCUT2D eigenvalue weighted by Crippen LogP contribution is 2.36. The maximum absolute atomic E-state index is 11.8. The zero-order chi connectivity index (χ0) is 35.3. The van der Waals surface area contributed by atoms with Crippen LogP contribution in [-0.2, 0) is 35.1 Å². The van der Waals surface area contributed by atoms with Gasteiger partial charge in [0.1, 0.15) is 6.54 Å². The normalized spacial score (nSPS) is 15.1. The van der Waals surface area contributed by atoms with Crippen LogP contribution in [0.5, 0.6) is 0 Å². The lowest BCUT2D eigenvalue weighted by molar-refractivity contribution is -0.436. The topological polar surface area (TPSA) is 219 Å². The Balaban J connectivity index is 1.67. The molecule has 48 heavy (non-hydrogen) atoms. The van der Waals surface area contributed by atoms with E-state index in [2.05, 4.69) is 11.6 Å². The number of nitrogens with one attached hydrogen (secondary N) is 1. The lowest BCUT2D eigenvalue weighted by Gasteiger charge is -2.03. The molecule has 4 rings (SSSR count). The third-order valence-electron chi connectivity index (χ3n) is 7.59. The summed E-state index contributed by atoms with van der Waals surface area (Å²) in [5.74, 6) is -1.30.